The van der Waals surface area contributed by atoms with Crippen molar-refractivity contribution in [2.45, 2.75) is 0 Å². The first-order chi connectivity index (χ1) is 4.00. The van der Waals surface area contributed by atoms with Crippen molar-refractivity contribution < 1.29 is 8.42 Å². The van der Waals surface area contributed by atoms with E-state index in [0.717, 1.165) is 4.31 Å². The monoisotopic (exact) mass is 151 g/mol. The molecule has 0 amide bonds. The van der Waals surface area contributed by atoms with E-state index >= 15 is 0 Å². The molecule has 0 aliphatic carbocycles. The average Bonchev–Trinajstić information content (AvgIpc) is 1.65. The summed E-state index contributed by atoms with van der Waals surface area (Å²) in [6.07, 6.45) is 0. The minimum atomic E-state index is -3.23. The number of rotatable bonds is 3. The van der Waals surface area contributed by atoms with E-state index in [4.69, 9.17) is 0 Å². The van der Waals surface area contributed by atoms with Gasteiger partial charge in [0.1, 0.15) is 0 Å². The summed E-state index contributed by atoms with van der Waals surface area (Å²) >= 11 is 0. The van der Waals surface area contributed by atoms with Gasteiger partial charge in [-0.2, -0.15) is 12.7 Å². The minimum Gasteiger partial charge on any atom is -0.202 e. The van der Waals surface area contributed by atoms with Crippen molar-refractivity contribution in [1.29, 1.82) is 0 Å². The van der Waals surface area contributed by atoms with E-state index in [1.165, 1.54) is 14.1 Å². The zero-order valence-corrected chi connectivity index (χ0v) is 6.40. The van der Waals surface area contributed by atoms with Gasteiger partial charge in [0.05, 0.1) is 0 Å². The van der Waals surface area contributed by atoms with Crippen molar-refractivity contribution in [2.24, 2.45) is 0 Å². The van der Waals surface area contributed by atoms with E-state index in [1.807, 2.05) is 0 Å². The van der Waals surface area contributed by atoms with E-state index in [2.05, 4.69) is 11.6 Å². The number of nitrogens with zero attached hydrogens (tertiary/aromatic N) is 1. The Morgan fingerprint density at radius 2 is 2.00 bits per heavy atom. The van der Waals surface area contributed by atoms with Crippen LogP contribution in [0.5, 0.6) is 0 Å². The summed E-state index contributed by atoms with van der Waals surface area (Å²) < 4.78 is 24.7. The second kappa shape index (κ2) is 3.14. The molecule has 0 aromatic heterocycles. The quantitative estimate of drug-likeness (QED) is 0.575. The molecule has 5 heteroatoms. The van der Waals surface area contributed by atoms with E-state index in [-0.39, 0.29) is 6.54 Å². The molecular weight excluding hydrogens is 140 g/mol. The average molecular weight is 151 g/mol. The number of hydrogen-bond acceptors (Lipinski definition) is 2. The standard InChI is InChI=1S/C4H11N2O2S/c1-4-5-9(7,8)6(2)3/h5H,1,4H2,2-3H3. The summed E-state index contributed by atoms with van der Waals surface area (Å²) in [5, 5.41) is 0. The molecule has 0 spiro atoms. The molecule has 9 heavy (non-hydrogen) atoms. The van der Waals surface area contributed by atoms with Crippen LogP contribution in [-0.2, 0) is 10.2 Å². The Morgan fingerprint density at radius 3 is 2.11 bits per heavy atom. The molecule has 0 heterocycles. The number of nitrogens with one attached hydrogen (secondary N) is 1. The van der Waals surface area contributed by atoms with Crippen LogP contribution in [-0.4, -0.2) is 33.4 Å². The van der Waals surface area contributed by atoms with Crippen molar-refractivity contribution in [3.63, 3.8) is 0 Å². The van der Waals surface area contributed by atoms with Crippen molar-refractivity contribution in [3.8, 4) is 0 Å². The van der Waals surface area contributed by atoms with Gasteiger partial charge < -0.3 is 0 Å². The summed E-state index contributed by atoms with van der Waals surface area (Å²) in [4.78, 5) is 0. The first-order valence-electron chi connectivity index (χ1n) is 2.47. The Bertz CT molecular complexity index is 161. The van der Waals surface area contributed by atoms with Gasteiger partial charge in [0, 0.05) is 20.6 Å². The van der Waals surface area contributed by atoms with Crippen LogP contribution in [0.1, 0.15) is 0 Å². The van der Waals surface area contributed by atoms with Gasteiger partial charge in [-0.05, 0) is 6.92 Å². The fraction of sp³-hybridized carbons (Fsp3) is 0.750. The third kappa shape index (κ3) is 2.78. The van der Waals surface area contributed by atoms with E-state index in [0.29, 0.717) is 0 Å². The molecule has 1 radical (unpaired) electrons. The molecule has 0 saturated heterocycles. The van der Waals surface area contributed by atoms with Crippen LogP contribution < -0.4 is 4.72 Å². The third-order valence-electron chi connectivity index (χ3n) is 0.765. The van der Waals surface area contributed by atoms with Gasteiger partial charge in [0.2, 0.25) is 0 Å². The van der Waals surface area contributed by atoms with Gasteiger partial charge in [0.25, 0.3) is 10.2 Å². The van der Waals surface area contributed by atoms with Crippen molar-refractivity contribution >= 4 is 10.2 Å². The zero-order chi connectivity index (χ0) is 7.49. The molecule has 1 N–H and O–H groups in total. The lowest BCUT2D eigenvalue weighted by Crippen LogP contribution is -2.35. The van der Waals surface area contributed by atoms with Crippen LogP contribution in [0.2, 0.25) is 0 Å². The molecule has 0 rings (SSSR count). The molecule has 4 nitrogen and oxygen atoms in total. The highest BCUT2D eigenvalue weighted by atomic mass is 32.2. The van der Waals surface area contributed by atoms with Crippen molar-refractivity contribution in [2.75, 3.05) is 20.6 Å². The molecule has 0 aliphatic rings. The molecule has 0 unspecified atom stereocenters. The van der Waals surface area contributed by atoms with E-state index in [1.54, 1.807) is 0 Å². The molecule has 0 aliphatic heterocycles. The maximum Gasteiger partial charge on any atom is 0.278 e. The Labute approximate surface area is 56.0 Å². The zero-order valence-electron chi connectivity index (χ0n) is 5.59. The maximum absolute atomic E-state index is 10.7. The predicted octanol–water partition coefficient (Wildman–Crippen LogP) is -0.784. The van der Waals surface area contributed by atoms with Gasteiger partial charge in [-0.1, -0.05) is 0 Å². The molecule has 0 aromatic carbocycles. The molecule has 0 fully saturated rings. The van der Waals surface area contributed by atoms with Crippen molar-refractivity contribution in [1.82, 2.24) is 9.03 Å². The number of hydrogen-bond donors (Lipinski definition) is 1. The Kier molecular flexibility index (Phi) is 3.10. The highest BCUT2D eigenvalue weighted by Crippen LogP contribution is 1.84. The first-order valence-corrected chi connectivity index (χ1v) is 3.91. The summed E-state index contributed by atoms with van der Waals surface area (Å²) in [5.74, 6) is 0. The van der Waals surface area contributed by atoms with Gasteiger partial charge in [-0.15, -0.1) is 0 Å². The summed E-state index contributed by atoms with van der Waals surface area (Å²) in [5.41, 5.74) is 0. The fourth-order valence-corrected chi connectivity index (χ4v) is 0.774. The molecule has 0 saturated carbocycles. The summed E-state index contributed by atoms with van der Waals surface area (Å²) in [6, 6.07) is 0. The third-order valence-corrected chi connectivity index (χ3v) is 2.30. The van der Waals surface area contributed by atoms with E-state index < -0.39 is 10.2 Å². The van der Waals surface area contributed by atoms with Crippen LogP contribution >= 0.6 is 0 Å². The van der Waals surface area contributed by atoms with Crippen LogP contribution in [0.4, 0.5) is 0 Å². The largest absolute Gasteiger partial charge is 0.278 e. The van der Waals surface area contributed by atoms with Crippen LogP contribution in [0.3, 0.4) is 0 Å². The summed E-state index contributed by atoms with van der Waals surface area (Å²) in [7, 11) is -0.315. The Hall–Kier alpha value is -0.130. The molecule has 0 atom stereocenters. The van der Waals surface area contributed by atoms with Gasteiger partial charge in [-0.25, -0.2) is 4.72 Å². The van der Waals surface area contributed by atoms with Crippen LogP contribution in [0, 0.1) is 6.92 Å². The lowest BCUT2D eigenvalue weighted by Gasteiger charge is -2.09. The maximum atomic E-state index is 10.7. The normalized spacial score (nSPS) is 12.4. The first kappa shape index (κ1) is 8.87. The van der Waals surface area contributed by atoms with Crippen LogP contribution in [0.15, 0.2) is 0 Å². The predicted molar refractivity (Wildman–Crippen MR) is 36.0 cm³/mol. The topological polar surface area (TPSA) is 49.4 Å². The Balaban J connectivity index is 4.05. The smallest absolute Gasteiger partial charge is 0.202 e. The summed E-state index contributed by atoms with van der Waals surface area (Å²) in [6.45, 7) is 3.52. The SMILES string of the molecule is [CH2]CNS(=O)(=O)N(C)C. The van der Waals surface area contributed by atoms with Crippen LogP contribution in [0.25, 0.3) is 0 Å². The molecule has 55 valence electrons. The highest BCUT2D eigenvalue weighted by molar-refractivity contribution is 7.87. The van der Waals surface area contributed by atoms with Crippen molar-refractivity contribution in [3.05, 3.63) is 6.92 Å². The fourth-order valence-electron chi connectivity index (χ4n) is 0.258. The molecule has 0 aromatic rings. The molecule has 0 bridgehead atoms. The minimum absolute atomic E-state index is 0.181. The lowest BCUT2D eigenvalue weighted by molar-refractivity contribution is 0.509. The van der Waals surface area contributed by atoms with E-state index in [9.17, 15) is 8.42 Å². The van der Waals surface area contributed by atoms with Gasteiger partial charge >= 0.3 is 0 Å². The van der Waals surface area contributed by atoms with Gasteiger partial charge in [-0.3, -0.25) is 0 Å². The Morgan fingerprint density at radius 1 is 1.56 bits per heavy atom. The molecular formula is C4H11N2O2S. The highest BCUT2D eigenvalue weighted by Gasteiger charge is 2.09. The second-order valence-electron chi connectivity index (χ2n) is 1.68. The second-order valence-corrected chi connectivity index (χ2v) is 3.65. The van der Waals surface area contributed by atoms with Gasteiger partial charge in [0.15, 0.2) is 0 Å². The lowest BCUT2D eigenvalue weighted by atomic mass is 10.8.